The van der Waals surface area contributed by atoms with E-state index in [-0.39, 0.29) is 30.2 Å². The van der Waals surface area contributed by atoms with Gasteiger partial charge in [0.2, 0.25) is 11.8 Å². The molecule has 29 heavy (non-hydrogen) atoms. The minimum atomic E-state index is -0.736. The van der Waals surface area contributed by atoms with E-state index in [1.54, 1.807) is 24.3 Å². The summed E-state index contributed by atoms with van der Waals surface area (Å²) in [5.41, 5.74) is 0.741. The van der Waals surface area contributed by atoms with Crippen LogP contribution in [0.2, 0.25) is 0 Å². The van der Waals surface area contributed by atoms with Crippen LogP contribution in [-0.4, -0.2) is 44.4 Å². The number of nitrogens with zero attached hydrogens (tertiary/aromatic N) is 1. The van der Waals surface area contributed by atoms with Crippen LogP contribution in [0.3, 0.4) is 0 Å². The third kappa shape index (κ3) is 4.26. The largest absolute Gasteiger partial charge is 0.493 e. The second-order valence-electron chi connectivity index (χ2n) is 6.24. The van der Waals surface area contributed by atoms with E-state index < -0.39 is 18.4 Å². The highest BCUT2D eigenvalue weighted by Gasteiger charge is 2.30. The summed E-state index contributed by atoms with van der Waals surface area (Å²) in [4.78, 5) is 49.4. The number of hydrogen-bond donors (Lipinski definition) is 0. The molecule has 1 heterocycles. The molecule has 2 amide bonds. The lowest BCUT2D eigenvalue weighted by Crippen LogP contribution is -2.28. The number of ketones is 1. The van der Waals surface area contributed by atoms with Crippen molar-refractivity contribution in [2.45, 2.75) is 12.8 Å². The molecule has 3 rings (SSSR count). The predicted molar refractivity (Wildman–Crippen MR) is 102 cm³/mol. The molecule has 0 atom stereocenters. The summed E-state index contributed by atoms with van der Waals surface area (Å²) < 4.78 is 15.4. The molecule has 0 bridgehead atoms. The number of benzene rings is 2. The second-order valence-corrected chi connectivity index (χ2v) is 6.24. The van der Waals surface area contributed by atoms with Crippen molar-refractivity contribution in [3.05, 3.63) is 53.6 Å². The zero-order valence-corrected chi connectivity index (χ0v) is 16.0. The summed E-state index contributed by atoms with van der Waals surface area (Å²) in [5.74, 6) is -0.922. The minimum Gasteiger partial charge on any atom is -0.493 e. The summed E-state index contributed by atoms with van der Waals surface area (Å²) in [7, 11) is 2.94. The van der Waals surface area contributed by atoms with Crippen LogP contribution in [0.1, 0.15) is 33.6 Å². The number of carbonyl (C=O) groups excluding carboxylic acids is 4. The van der Waals surface area contributed by atoms with Crippen molar-refractivity contribution in [3.63, 3.8) is 0 Å². The molecule has 0 spiro atoms. The maximum Gasteiger partial charge on any atom is 0.338 e. The Hall–Kier alpha value is -3.68. The fraction of sp³-hybridized carbons (Fsp3) is 0.238. The summed E-state index contributed by atoms with van der Waals surface area (Å²) in [5, 5.41) is 0. The van der Waals surface area contributed by atoms with Gasteiger partial charge in [-0.15, -0.1) is 0 Å². The van der Waals surface area contributed by atoms with Gasteiger partial charge in [-0.3, -0.25) is 19.3 Å². The first-order valence-electron chi connectivity index (χ1n) is 8.82. The van der Waals surface area contributed by atoms with Crippen molar-refractivity contribution < 1.29 is 33.4 Å². The first-order valence-corrected chi connectivity index (χ1v) is 8.82. The van der Waals surface area contributed by atoms with E-state index >= 15 is 0 Å². The van der Waals surface area contributed by atoms with Crippen LogP contribution in [-0.2, 0) is 14.3 Å². The number of ether oxygens (including phenoxy) is 3. The fourth-order valence-corrected chi connectivity index (χ4v) is 2.94. The monoisotopic (exact) mass is 397 g/mol. The van der Waals surface area contributed by atoms with E-state index in [1.165, 1.54) is 32.4 Å². The summed E-state index contributed by atoms with van der Waals surface area (Å²) in [6.07, 6.45) is 0.292. The van der Waals surface area contributed by atoms with Crippen molar-refractivity contribution in [2.24, 2.45) is 0 Å². The molecule has 0 aromatic heterocycles. The van der Waals surface area contributed by atoms with E-state index in [2.05, 4.69) is 0 Å². The average molecular weight is 397 g/mol. The third-order valence-electron chi connectivity index (χ3n) is 4.43. The molecule has 1 saturated heterocycles. The maximum atomic E-state index is 12.3. The molecule has 1 aliphatic heterocycles. The second kappa shape index (κ2) is 8.55. The highest BCUT2D eigenvalue weighted by Crippen LogP contribution is 2.28. The molecule has 0 aliphatic carbocycles. The Morgan fingerprint density at radius 3 is 2.24 bits per heavy atom. The number of hydrogen-bond acceptors (Lipinski definition) is 7. The Balaban J connectivity index is 1.68. The van der Waals surface area contributed by atoms with Crippen molar-refractivity contribution in [3.8, 4) is 11.5 Å². The van der Waals surface area contributed by atoms with Crippen molar-refractivity contribution in [2.75, 3.05) is 25.7 Å². The molecule has 150 valence electrons. The van der Waals surface area contributed by atoms with Gasteiger partial charge < -0.3 is 14.2 Å². The topological polar surface area (TPSA) is 99.2 Å². The lowest BCUT2D eigenvalue weighted by molar-refractivity contribution is -0.121. The Bertz CT molecular complexity index is 967. The Morgan fingerprint density at radius 1 is 0.897 bits per heavy atom. The van der Waals surface area contributed by atoms with Crippen molar-refractivity contribution >= 4 is 29.3 Å². The average Bonchev–Trinajstić information content (AvgIpc) is 3.09. The smallest absolute Gasteiger partial charge is 0.338 e. The summed E-state index contributed by atoms with van der Waals surface area (Å²) >= 11 is 0. The van der Waals surface area contributed by atoms with Crippen LogP contribution in [0.4, 0.5) is 5.69 Å². The van der Waals surface area contributed by atoms with Crippen LogP contribution in [0.25, 0.3) is 0 Å². The van der Waals surface area contributed by atoms with Gasteiger partial charge in [-0.25, -0.2) is 4.79 Å². The van der Waals surface area contributed by atoms with Crippen LogP contribution < -0.4 is 14.4 Å². The van der Waals surface area contributed by atoms with E-state index in [4.69, 9.17) is 14.2 Å². The number of carbonyl (C=O) groups is 4. The van der Waals surface area contributed by atoms with Crippen LogP contribution in [0, 0.1) is 0 Å². The number of methoxy groups -OCH3 is 2. The van der Waals surface area contributed by atoms with Crippen LogP contribution >= 0.6 is 0 Å². The predicted octanol–water partition coefficient (Wildman–Crippen LogP) is 2.40. The number of Topliss-reactive ketones (excluding diaryl/α,β-unsaturated/α-hetero) is 1. The van der Waals surface area contributed by atoms with Gasteiger partial charge in [0.25, 0.3) is 0 Å². The number of esters is 1. The quantitative estimate of drug-likeness (QED) is 0.402. The maximum absolute atomic E-state index is 12.3. The van der Waals surface area contributed by atoms with Crippen molar-refractivity contribution in [1.29, 1.82) is 0 Å². The van der Waals surface area contributed by atoms with Gasteiger partial charge >= 0.3 is 5.97 Å². The van der Waals surface area contributed by atoms with Gasteiger partial charge in [-0.05, 0) is 36.4 Å². The highest BCUT2D eigenvalue weighted by atomic mass is 16.5. The SMILES string of the molecule is COc1ccc(C(=O)COC(=O)c2cccc(N3C(=O)CCC3=O)c2)cc1OC. The lowest BCUT2D eigenvalue weighted by atomic mass is 10.1. The Labute approximate surface area is 167 Å². The Morgan fingerprint density at radius 2 is 1.59 bits per heavy atom. The number of rotatable bonds is 7. The number of imide groups is 1. The van der Waals surface area contributed by atoms with Gasteiger partial charge in [0.1, 0.15) is 0 Å². The van der Waals surface area contributed by atoms with E-state index in [0.29, 0.717) is 22.7 Å². The number of anilines is 1. The highest BCUT2D eigenvalue weighted by molar-refractivity contribution is 6.20. The summed E-state index contributed by atoms with van der Waals surface area (Å²) in [6.45, 7) is -0.472. The van der Waals surface area contributed by atoms with Gasteiger partial charge in [0.15, 0.2) is 23.9 Å². The molecule has 8 nitrogen and oxygen atoms in total. The molecule has 2 aromatic carbocycles. The molecule has 1 aliphatic rings. The molecule has 1 fully saturated rings. The van der Waals surface area contributed by atoms with Gasteiger partial charge in [0.05, 0.1) is 25.5 Å². The van der Waals surface area contributed by atoms with E-state index in [0.717, 1.165) is 4.90 Å². The molecule has 0 radical (unpaired) electrons. The van der Waals surface area contributed by atoms with E-state index in [1.807, 2.05) is 0 Å². The molecular weight excluding hydrogens is 378 g/mol. The Kier molecular flexibility index (Phi) is 5.92. The zero-order valence-electron chi connectivity index (χ0n) is 16.0. The normalized spacial score (nSPS) is 13.4. The molecule has 0 unspecified atom stereocenters. The van der Waals surface area contributed by atoms with Crippen LogP contribution in [0.5, 0.6) is 11.5 Å². The summed E-state index contributed by atoms with van der Waals surface area (Å²) in [6, 6.07) is 10.6. The first kappa shape index (κ1) is 20.1. The molecule has 2 aromatic rings. The van der Waals surface area contributed by atoms with E-state index in [9.17, 15) is 19.2 Å². The molecule has 0 saturated carbocycles. The number of amides is 2. The van der Waals surface area contributed by atoms with Gasteiger partial charge in [-0.2, -0.15) is 0 Å². The van der Waals surface area contributed by atoms with Crippen molar-refractivity contribution in [1.82, 2.24) is 0 Å². The standard InChI is InChI=1S/C21H19NO7/c1-27-17-7-6-13(11-18(17)28-2)16(23)12-29-21(26)14-4-3-5-15(10-14)22-19(24)8-9-20(22)25/h3-7,10-11H,8-9,12H2,1-2H3. The molecule has 8 heteroatoms. The van der Waals surface area contributed by atoms with Gasteiger partial charge in [-0.1, -0.05) is 6.07 Å². The third-order valence-corrected chi connectivity index (χ3v) is 4.43. The minimum absolute atomic E-state index is 0.134. The van der Waals surface area contributed by atoms with Crippen LogP contribution in [0.15, 0.2) is 42.5 Å². The van der Waals surface area contributed by atoms with Gasteiger partial charge in [0, 0.05) is 18.4 Å². The molecular formula is C21H19NO7. The zero-order chi connectivity index (χ0) is 21.0. The first-order chi connectivity index (χ1) is 13.9. The fourth-order valence-electron chi connectivity index (χ4n) is 2.94. The lowest BCUT2D eigenvalue weighted by Gasteiger charge is -2.14. The molecule has 0 N–H and O–H groups in total.